The lowest BCUT2D eigenvalue weighted by atomic mass is 10.1. The number of nitrogen functional groups attached to an aromatic ring is 1. The maximum absolute atomic E-state index is 5.25. The number of nitrogens with one attached hydrogen (secondary N) is 2. The number of hydrogen-bond acceptors (Lipinski definition) is 4. The zero-order valence-corrected chi connectivity index (χ0v) is 9.24. The summed E-state index contributed by atoms with van der Waals surface area (Å²) in [6.07, 6.45) is 1.73. The number of ether oxygens (including phenoxy) is 1. The molecule has 5 heteroatoms. The van der Waals surface area contributed by atoms with Crippen LogP contribution in [0.5, 0.6) is 5.75 Å². The molecule has 0 amide bonds. The van der Waals surface area contributed by atoms with Gasteiger partial charge in [0.05, 0.1) is 19.0 Å². The summed E-state index contributed by atoms with van der Waals surface area (Å²) in [5.41, 5.74) is 5.51. The highest BCUT2D eigenvalue weighted by Gasteiger charge is 2.04. The summed E-state index contributed by atoms with van der Waals surface area (Å²) < 4.78 is 5.20. The molecule has 1 aromatic carbocycles. The summed E-state index contributed by atoms with van der Waals surface area (Å²) in [6, 6.07) is 5.94. The monoisotopic (exact) mass is 218 g/mol. The standard InChI is InChI=1S/C11H14N4O/c1-7-5-8(3-4-10(7)16-2)9-6-13-11(14-9)15-12/h3-6H,12H2,1-2H3,(H2,13,14,15). The molecule has 1 heterocycles. The number of benzene rings is 1. The fourth-order valence-electron chi connectivity index (χ4n) is 1.59. The number of rotatable bonds is 3. The van der Waals surface area contributed by atoms with Gasteiger partial charge < -0.3 is 9.72 Å². The highest BCUT2D eigenvalue weighted by Crippen LogP contribution is 2.25. The first-order valence-corrected chi connectivity index (χ1v) is 4.91. The molecule has 0 aliphatic heterocycles. The van der Waals surface area contributed by atoms with Gasteiger partial charge in [-0.3, -0.25) is 5.43 Å². The number of anilines is 1. The second kappa shape index (κ2) is 4.24. The van der Waals surface area contributed by atoms with Crippen LogP contribution in [-0.2, 0) is 0 Å². The smallest absolute Gasteiger partial charge is 0.215 e. The number of hydrogen-bond donors (Lipinski definition) is 3. The van der Waals surface area contributed by atoms with Crippen molar-refractivity contribution in [2.45, 2.75) is 6.92 Å². The molecule has 0 spiro atoms. The molecule has 0 aliphatic carbocycles. The molecule has 1 aromatic heterocycles. The third kappa shape index (κ3) is 1.85. The van der Waals surface area contributed by atoms with Gasteiger partial charge in [0.15, 0.2) is 0 Å². The van der Waals surface area contributed by atoms with Crippen LogP contribution in [0, 0.1) is 6.92 Å². The van der Waals surface area contributed by atoms with Crippen molar-refractivity contribution in [2.24, 2.45) is 5.84 Å². The molecule has 0 atom stereocenters. The van der Waals surface area contributed by atoms with Crippen LogP contribution in [0.3, 0.4) is 0 Å². The molecule has 2 rings (SSSR count). The van der Waals surface area contributed by atoms with Crippen molar-refractivity contribution in [3.8, 4) is 17.0 Å². The van der Waals surface area contributed by atoms with Gasteiger partial charge in [-0.1, -0.05) is 0 Å². The molecular weight excluding hydrogens is 204 g/mol. The first kappa shape index (κ1) is 10.5. The summed E-state index contributed by atoms with van der Waals surface area (Å²) in [6.45, 7) is 2.00. The number of imidazole rings is 1. The van der Waals surface area contributed by atoms with Crippen molar-refractivity contribution in [3.63, 3.8) is 0 Å². The number of H-pyrrole nitrogens is 1. The van der Waals surface area contributed by atoms with Crippen LogP contribution in [0.4, 0.5) is 5.95 Å². The van der Waals surface area contributed by atoms with Crippen LogP contribution >= 0.6 is 0 Å². The van der Waals surface area contributed by atoms with Crippen molar-refractivity contribution < 1.29 is 4.74 Å². The van der Waals surface area contributed by atoms with Gasteiger partial charge in [0, 0.05) is 5.56 Å². The van der Waals surface area contributed by atoms with Gasteiger partial charge in [-0.25, -0.2) is 10.8 Å². The minimum atomic E-state index is 0.545. The minimum Gasteiger partial charge on any atom is -0.496 e. The lowest BCUT2D eigenvalue weighted by molar-refractivity contribution is 0.412. The first-order valence-electron chi connectivity index (χ1n) is 4.91. The lowest BCUT2D eigenvalue weighted by Gasteiger charge is -2.05. The Bertz CT molecular complexity index is 492. The minimum absolute atomic E-state index is 0.545. The largest absolute Gasteiger partial charge is 0.496 e. The van der Waals surface area contributed by atoms with E-state index in [2.05, 4.69) is 15.4 Å². The van der Waals surface area contributed by atoms with E-state index < -0.39 is 0 Å². The number of aromatic amines is 1. The zero-order chi connectivity index (χ0) is 11.5. The molecule has 5 nitrogen and oxygen atoms in total. The number of aromatic nitrogens is 2. The van der Waals surface area contributed by atoms with E-state index in [0.717, 1.165) is 22.6 Å². The second-order valence-corrected chi connectivity index (χ2v) is 3.47. The highest BCUT2D eigenvalue weighted by molar-refractivity contribution is 5.62. The van der Waals surface area contributed by atoms with Crippen LogP contribution in [0.25, 0.3) is 11.3 Å². The Morgan fingerprint density at radius 3 is 2.81 bits per heavy atom. The van der Waals surface area contributed by atoms with Gasteiger partial charge in [0.1, 0.15) is 5.75 Å². The first-order chi connectivity index (χ1) is 7.74. The van der Waals surface area contributed by atoms with Crippen LogP contribution in [0.15, 0.2) is 24.4 Å². The van der Waals surface area contributed by atoms with Crippen LogP contribution in [0.1, 0.15) is 5.56 Å². The van der Waals surface area contributed by atoms with Gasteiger partial charge in [-0.05, 0) is 30.7 Å². The number of aryl methyl sites for hydroxylation is 1. The van der Waals surface area contributed by atoms with Crippen LogP contribution < -0.4 is 16.0 Å². The molecular formula is C11H14N4O. The molecule has 4 N–H and O–H groups in total. The second-order valence-electron chi connectivity index (χ2n) is 3.47. The van der Waals surface area contributed by atoms with E-state index in [1.807, 2.05) is 25.1 Å². The fraction of sp³-hybridized carbons (Fsp3) is 0.182. The molecule has 0 fully saturated rings. The van der Waals surface area contributed by atoms with Crippen molar-refractivity contribution in [1.29, 1.82) is 0 Å². The van der Waals surface area contributed by atoms with Crippen molar-refractivity contribution in [2.75, 3.05) is 12.5 Å². The lowest BCUT2D eigenvalue weighted by Crippen LogP contribution is -2.07. The maximum Gasteiger partial charge on any atom is 0.215 e. The Balaban J connectivity index is 2.37. The van der Waals surface area contributed by atoms with E-state index >= 15 is 0 Å². The SMILES string of the molecule is COc1ccc(-c2cnc(NN)[nH]2)cc1C. The Kier molecular flexibility index (Phi) is 2.78. The third-order valence-electron chi connectivity index (χ3n) is 2.42. The normalized spacial score (nSPS) is 10.2. The average Bonchev–Trinajstić information content (AvgIpc) is 2.77. The Morgan fingerprint density at radius 2 is 2.25 bits per heavy atom. The predicted octanol–water partition coefficient (Wildman–Crippen LogP) is 1.68. The molecule has 84 valence electrons. The summed E-state index contributed by atoms with van der Waals surface area (Å²) >= 11 is 0. The van der Waals surface area contributed by atoms with Crippen molar-refractivity contribution >= 4 is 5.95 Å². The summed E-state index contributed by atoms with van der Waals surface area (Å²) in [5.74, 6) is 6.67. The summed E-state index contributed by atoms with van der Waals surface area (Å²) in [4.78, 5) is 7.12. The quantitative estimate of drug-likeness (QED) is 0.541. The van der Waals surface area contributed by atoms with E-state index in [-0.39, 0.29) is 0 Å². The molecule has 0 aliphatic rings. The maximum atomic E-state index is 5.25. The van der Waals surface area contributed by atoms with Crippen molar-refractivity contribution in [3.05, 3.63) is 30.0 Å². The van der Waals surface area contributed by atoms with Gasteiger partial charge in [0.2, 0.25) is 5.95 Å². The third-order valence-corrected chi connectivity index (χ3v) is 2.42. The van der Waals surface area contributed by atoms with Crippen LogP contribution in [0.2, 0.25) is 0 Å². The van der Waals surface area contributed by atoms with E-state index in [4.69, 9.17) is 10.6 Å². The molecule has 0 radical (unpaired) electrons. The molecule has 0 saturated carbocycles. The molecule has 0 saturated heterocycles. The van der Waals surface area contributed by atoms with E-state index in [9.17, 15) is 0 Å². The zero-order valence-electron chi connectivity index (χ0n) is 9.24. The van der Waals surface area contributed by atoms with E-state index in [1.165, 1.54) is 0 Å². The van der Waals surface area contributed by atoms with Crippen LogP contribution in [-0.4, -0.2) is 17.1 Å². The van der Waals surface area contributed by atoms with Gasteiger partial charge in [-0.15, -0.1) is 0 Å². The van der Waals surface area contributed by atoms with E-state index in [1.54, 1.807) is 13.3 Å². The number of nitrogens with zero attached hydrogens (tertiary/aromatic N) is 1. The fourth-order valence-corrected chi connectivity index (χ4v) is 1.59. The molecule has 0 unspecified atom stereocenters. The molecule has 16 heavy (non-hydrogen) atoms. The average molecular weight is 218 g/mol. The highest BCUT2D eigenvalue weighted by atomic mass is 16.5. The Labute approximate surface area is 93.6 Å². The topological polar surface area (TPSA) is 76.0 Å². The van der Waals surface area contributed by atoms with Gasteiger partial charge in [0.25, 0.3) is 0 Å². The Morgan fingerprint density at radius 1 is 1.44 bits per heavy atom. The van der Waals surface area contributed by atoms with E-state index in [0.29, 0.717) is 5.95 Å². The van der Waals surface area contributed by atoms with Crippen molar-refractivity contribution in [1.82, 2.24) is 9.97 Å². The molecule has 2 aromatic rings. The number of nitrogens with two attached hydrogens (primary N) is 1. The van der Waals surface area contributed by atoms with Gasteiger partial charge in [-0.2, -0.15) is 0 Å². The predicted molar refractivity (Wildman–Crippen MR) is 63.1 cm³/mol. The summed E-state index contributed by atoms with van der Waals surface area (Å²) in [5, 5.41) is 0. The molecule has 0 bridgehead atoms. The van der Waals surface area contributed by atoms with Gasteiger partial charge >= 0.3 is 0 Å². The number of methoxy groups -OCH3 is 1. The summed E-state index contributed by atoms with van der Waals surface area (Å²) in [7, 11) is 1.66. The Hall–Kier alpha value is -2.01. The number of hydrazine groups is 1.